The molecule has 2 atom stereocenters. The number of halogens is 7. The van der Waals surface area contributed by atoms with E-state index in [1.807, 2.05) is 0 Å². The molecule has 1 aromatic carbocycles. The average molecular weight is 319 g/mol. The summed E-state index contributed by atoms with van der Waals surface area (Å²) in [5, 5.41) is 9.83. The first-order valence-electron chi connectivity index (χ1n) is 5.77. The Bertz CT molecular complexity index is 511. The van der Waals surface area contributed by atoms with Crippen LogP contribution in [0.1, 0.15) is 24.5 Å². The molecule has 0 heterocycles. The number of aliphatic hydroxyl groups is 1. The first-order chi connectivity index (χ1) is 9.35. The Hall–Kier alpha value is -1.35. The van der Waals surface area contributed by atoms with Gasteiger partial charge in [0.15, 0.2) is 0 Å². The third-order valence-corrected chi connectivity index (χ3v) is 3.12. The quantitative estimate of drug-likeness (QED) is 0.840. The van der Waals surface area contributed by atoms with Crippen molar-refractivity contribution in [2.75, 3.05) is 0 Å². The topological polar surface area (TPSA) is 46.2 Å². The predicted molar refractivity (Wildman–Crippen MR) is 59.6 cm³/mol. The van der Waals surface area contributed by atoms with E-state index in [9.17, 15) is 35.8 Å². The molecule has 0 fully saturated rings. The van der Waals surface area contributed by atoms with Gasteiger partial charge in [0.05, 0.1) is 5.56 Å². The van der Waals surface area contributed by atoms with Crippen molar-refractivity contribution in [3.8, 4) is 0 Å². The van der Waals surface area contributed by atoms with Crippen LogP contribution in [0.4, 0.5) is 30.7 Å². The van der Waals surface area contributed by atoms with Crippen LogP contribution in [0.3, 0.4) is 0 Å². The van der Waals surface area contributed by atoms with Crippen LogP contribution in [0, 0.1) is 5.82 Å². The molecule has 0 amide bonds. The molecule has 0 spiro atoms. The summed E-state index contributed by atoms with van der Waals surface area (Å²) in [6.07, 6.45) is -10.9. The van der Waals surface area contributed by atoms with Gasteiger partial charge in [0.25, 0.3) is 0 Å². The average Bonchev–Trinajstić information content (AvgIpc) is 2.34. The summed E-state index contributed by atoms with van der Waals surface area (Å²) >= 11 is 0. The van der Waals surface area contributed by atoms with E-state index in [1.54, 1.807) is 0 Å². The molecule has 0 aliphatic rings. The highest BCUT2D eigenvalue weighted by molar-refractivity contribution is 5.33. The summed E-state index contributed by atoms with van der Waals surface area (Å²) in [6.45, 7) is 1.23. The fraction of sp³-hybridized carbons (Fsp3) is 0.500. The van der Waals surface area contributed by atoms with Gasteiger partial charge in [-0.05, 0) is 24.1 Å². The van der Waals surface area contributed by atoms with Crippen LogP contribution in [-0.4, -0.2) is 17.3 Å². The summed E-state index contributed by atoms with van der Waals surface area (Å²) < 4.78 is 90.0. The molecule has 2 unspecified atom stereocenters. The summed E-state index contributed by atoms with van der Waals surface area (Å²) in [4.78, 5) is 0. The van der Waals surface area contributed by atoms with Crippen molar-refractivity contribution in [3.05, 3.63) is 35.1 Å². The molecular formula is C12H12F7NO. The van der Waals surface area contributed by atoms with Crippen molar-refractivity contribution in [3.63, 3.8) is 0 Å². The van der Waals surface area contributed by atoms with Crippen LogP contribution in [-0.2, 0) is 11.8 Å². The van der Waals surface area contributed by atoms with E-state index in [4.69, 9.17) is 5.73 Å². The maximum absolute atomic E-state index is 13.1. The molecule has 0 bridgehead atoms. The minimum Gasteiger partial charge on any atom is -0.375 e. The molecule has 2 nitrogen and oxygen atoms in total. The molecule has 0 aliphatic carbocycles. The SMILES string of the molecule is CCC(N)C(O)(c1ccc(F)c(C(F)(F)F)c1)C(F)(F)F. The molecule has 0 radical (unpaired) electrons. The highest BCUT2D eigenvalue weighted by Gasteiger charge is 2.58. The molecule has 0 aromatic heterocycles. The Morgan fingerprint density at radius 2 is 1.67 bits per heavy atom. The molecule has 3 N–H and O–H groups in total. The van der Waals surface area contributed by atoms with E-state index in [-0.39, 0.29) is 18.6 Å². The molecule has 9 heteroatoms. The molecule has 1 rings (SSSR count). The second-order valence-corrected chi connectivity index (χ2v) is 4.47. The second-order valence-electron chi connectivity index (χ2n) is 4.47. The van der Waals surface area contributed by atoms with Crippen LogP contribution in [0.2, 0.25) is 0 Å². The van der Waals surface area contributed by atoms with Crippen LogP contribution in [0.15, 0.2) is 18.2 Å². The summed E-state index contributed by atoms with van der Waals surface area (Å²) in [6, 6.07) is -1.31. The standard InChI is InChI=1S/C12H12F7NO/c1-2-9(20)10(21,12(17,18)19)6-3-4-8(13)7(5-6)11(14,15)16/h3-5,9,21H,2,20H2,1H3. The Kier molecular flexibility index (Phi) is 4.59. The second kappa shape index (κ2) is 5.45. The minimum atomic E-state index is -5.32. The van der Waals surface area contributed by atoms with Crippen LogP contribution in [0.25, 0.3) is 0 Å². The zero-order chi connectivity index (χ0) is 16.6. The number of alkyl halides is 6. The number of rotatable bonds is 3. The highest BCUT2D eigenvalue weighted by Crippen LogP contribution is 2.43. The lowest BCUT2D eigenvalue weighted by Gasteiger charge is -2.36. The smallest absolute Gasteiger partial charge is 0.375 e. The Labute approximate surface area is 115 Å². The van der Waals surface area contributed by atoms with Crippen LogP contribution in [0.5, 0.6) is 0 Å². The van der Waals surface area contributed by atoms with Crippen molar-refractivity contribution in [1.82, 2.24) is 0 Å². The third kappa shape index (κ3) is 3.13. The van der Waals surface area contributed by atoms with E-state index < -0.39 is 40.9 Å². The monoisotopic (exact) mass is 319 g/mol. The molecule has 120 valence electrons. The van der Waals surface area contributed by atoms with Gasteiger partial charge in [-0.15, -0.1) is 0 Å². The van der Waals surface area contributed by atoms with Gasteiger partial charge in [-0.1, -0.05) is 13.0 Å². The molecule has 21 heavy (non-hydrogen) atoms. The Morgan fingerprint density at radius 3 is 2.05 bits per heavy atom. The van der Waals surface area contributed by atoms with Gasteiger partial charge in [-0.2, -0.15) is 26.3 Å². The molecule has 0 aliphatic heterocycles. The number of hydrogen-bond acceptors (Lipinski definition) is 2. The lowest BCUT2D eigenvalue weighted by molar-refractivity contribution is -0.274. The van der Waals surface area contributed by atoms with Gasteiger partial charge >= 0.3 is 12.4 Å². The minimum absolute atomic E-state index is 0.0711. The first-order valence-corrected chi connectivity index (χ1v) is 5.77. The summed E-state index contributed by atoms with van der Waals surface area (Å²) in [5.74, 6) is -1.74. The number of nitrogens with two attached hydrogens (primary N) is 1. The molecular weight excluding hydrogens is 307 g/mol. The Balaban J connectivity index is 3.55. The van der Waals surface area contributed by atoms with Crippen molar-refractivity contribution in [1.29, 1.82) is 0 Å². The van der Waals surface area contributed by atoms with E-state index in [1.165, 1.54) is 6.92 Å². The first kappa shape index (κ1) is 17.7. The third-order valence-electron chi connectivity index (χ3n) is 3.12. The van der Waals surface area contributed by atoms with Gasteiger partial charge in [-0.3, -0.25) is 0 Å². The fourth-order valence-corrected chi connectivity index (χ4v) is 1.86. The van der Waals surface area contributed by atoms with Crippen LogP contribution < -0.4 is 5.73 Å². The van der Waals surface area contributed by atoms with Gasteiger partial charge in [0.1, 0.15) is 5.82 Å². The molecule has 1 aromatic rings. The van der Waals surface area contributed by atoms with E-state index in [0.29, 0.717) is 6.07 Å². The van der Waals surface area contributed by atoms with Gasteiger partial charge in [0, 0.05) is 6.04 Å². The summed E-state index contributed by atoms with van der Waals surface area (Å²) in [5.41, 5.74) is -1.53. The van der Waals surface area contributed by atoms with Gasteiger partial charge in [0.2, 0.25) is 5.60 Å². The predicted octanol–water partition coefficient (Wildman–Crippen LogP) is 3.33. The zero-order valence-electron chi connectivity index (χ0n) is 10.7. The zero-order valence-corrected chi connectivity index (χ0v) is 10.7. The maximum Gasteiger partial charge on any atom is 0.422 e. The van der Waals surface area contributed by atoms with Gasteiger partial charge in [-0.25, -0.2) is 4.39 Å². The van der Waals surface area contributed by atoms with E-state index in [0.717, 1.165) is 0 Å². The molecule has 0 saturated carbocycles. The highest BCUT2D eigenvalue weighted by atomic mass is 19.4. The normalized spacial score (nSPS) is 17.4. The number of hydrogen-bond donors (Lipinski definition) is 2. The van der Waals surface area contributed by atoms with E-state index in [2.05, 4.69) is 0 Å². The van der Waals surface area contributed by atoms with Gasteiger partial charge < -0.3 is 10.8 Å². The van der Waals surface area contributed by atoms with Crippen LogP contribution >= 0.6 is 0 Å². The largest absolute Gasteiger partial charge is 0.422 e. The van der Waals surface area contributed by atoms with Crippen molar-refractivity contribution >= 4 is 0 Å². The van der Waals surface area contributed by atoms with Crippen molar-refractivity contribution in [2.45, 2.75) is 37.3 Å². The fourth-order valence-electron chi connectivity index (χ4n) is 1.86. The molecule has 0 saturated heterocycles. The van der Waals surface area contributed by atoms with E-state index >= 15 is 0 Å². The van der Waals surface area contributed by atoms with Crippen molar-refractivity contribution in [2.24, 2.45) is 5.73 Å². The maximum atomic E-state index is 13.1. The Morgan fingerprint density at radius 1 is 1.14 bits per heavy atom. The number of benzene rings is 1. The lowest BCUT2D eigenvalue weighted by Crippen LogP contribution is -2.55. The summed E-state index contributed by atoms with van der Waals surface area (Å²) in [7, 11) is 0. The van der Waals surface area contributed by atoms with Crippen molar-refractivity contribution < 1.29 is 35.8 Å². The lowest BCUT2D eigenvalue weighted by atomic mass is 9.84.